The van der Waals surface area contributed by atoms with Gasteiger partial charge in [-0.25, -0.2) is 0 Å². The van der Waals surface area contributed by atoms with Gasteiger partial charge in [0.15, 0.2) is 0 Å². The lowest BCUT2D eigenvalue weighted by molar-refractivity contribution is -0.117. The Labute approximate surface area is 135 Å². The number of rotatable bonds is 3. The first-order valence-corrected chi connectivity index (χ1v) is 8.28. The van der Waals surface area contributed by atoms with Gasteiger partial charge in [0.25, 0.3) is 0 Å². The van der Waals surface area contributed by atoms with E-state index in [0.717, 1.165) is 18.8 Å². The molecule has 1 fully saturated rings. The topological polar surface area (TPSA) is 32.3 Å². The van der Waals surface area contributed by atoms with Gasteiger partial charge in [-0.05, 0) is 54.5 Å². The minimum absolute atomic E-state index is 0.0863. The Kier molecular flexibility index (Phi) is 4.96. The van der Waals surface area contributed by atoms with Crippen LogP contribution < -0.4 is 5.32 Å². The molecule has 2 rings (SSSR count). The number of amides is 1. The second kappa shape index (κ2) is 6.41. The van der Waals surface area contributed by atoms with Gasteiger partial charge in [0.2, 0.25) is 5.91 Å². The molecule has 3 nitrogen and oxygen atoms in total. The van der Waals surface area contributed by atoms with E-state index in [2.05, 4.69) is 57.0 Å². The smallest absolute Gasteiger partial charge is 0.238 e. The van der Waals surface area contributed by atoms with E-state index < -0.39 is 0 Å². The third kappa shape index (κ3) is 4.84. The third-order valence-electron chi connectivity index (χ3n) is 4.61. The SMILES string of the molecule is CC1(C)CCN(CC(=O)Nc2ccc(C(C)(C)C)cc2)CC1. The number of piperidine rings is 1. The van der Waals surface area contributed by atoms with Crippen molar-refractivity contribution in [1.29, 1.82) is 0 Å². The van der Waals surface area contributed by atoms with Crippen LogP contribution in [-0.2, 0) is 10.2 Å². The minimum Gasteiger partial charge on any atom is -0.325 e. The fraction of sp³-hybridized carbons (Fsp3) is 0.632. The van der Waals surface area contributed by atoms with Crippen LogP contribution >= 0.6 is 0 Å². The highest BCUT2D eigenvalue weighted by Gasteiger charge is 2.26. The van der Waals surface area contributed by atoms with Crippen molar-refractivity contribution < 1.29 is 4.79 Å². The van der Waals surface area contributed by atoms with Crippen LogP contribution in [0.15, 0.2) is 24.3 Å². The summed E-state index contributed by atoms with van der Waals surface area (Å²) in [6.07, 6.45) is 2.33. The molecule has 1 aliphatic heterocycles. The van der Waals surface area contributed by atoms with Crippen molar-refractivity contribution in [3.05, 3.63) is 29.8 Å². The lowest BCUT2D eigenvalue weighted by Crippen LogP contribution is -2.41. The predicted molar refractivity (Wildman–Crippen MR) is 93.2 cm³/mol. The van der Waals surface area contributed by atoms with E-state index in [0.29, 0.717) is 12.0 Å². The number of carbonyl (C=O) groups is 1. The van der Waals surface area contributed by atoms with E-state index in [9.17, 15) is 4.79 Å². The van der Waals surface area contributed by atoms with Gasteiger partial charge in [-0.3, -0.25) is 9.69 Å². The van der Waals surface area contributed by atoms with Gasteiger partial charge in [0.05, 0.1) is 6.54 Å². The van der Waals surface area contributed by atoms with Crippen LogP contribution in [0.4, 0.5) is 5.69 Å². The van der Waals surface area contributed by atoms with Gasteiger partial charge in [0.1, 0.15) is 0 Å². The van der Waals surface area contributed by atoms with E-state index in [1.807, 2.05) is 12.1 Å². The summed E-state index contributed by atoms with van der Waals surface area (Å²) in [5.74, 6) is 0.0863. The molecule has 0 radical (unpaired) electrons. The molecular weight excluding hydrogens is 272 g/mol. The van der Waals surface area contributed by atoms with E-state index >= 15 is 0 Å². The average Bonchev–Trinajstić information content (AvgIpc) is 2.41. The molecule has 0 unspecified atom stereocenters. The average molecular weight is 302 g/mol. The first-order valence-electron chi connectivity index (χ1n) is 8.28. The van der Waals surface area contributed by atoms with Crippen LogP contribution in [0.5, 0.6) is 0 Å². The van der Waals surface area contributed by atoms with Crippen molar-refractivity contribution in [3.8, 4) is 0 Å². The summed E-state index contributed by atoms with van der Waals surface area (Å²) < 4.78 is 0. The van der Waals surface area contributed by atoms with E-state index in [4.69, 9.17) is 0 Å². The maximum Gasteiger partial charge on any atom is 0.238 e. The van der Waals surface area contributed by atoms with Gasteiger partial charge < -0.3 is 5.32 Å². The number of benzene rings is 1. The lowest BCUT2D eigenvalue weighted by Gasteiger charge is -2.36. The number of nitrogens with one attached hydrogen (secondary N) is 1. The maximum atomic E-state index is 12.2. The molecule has 0 aliphatic carbocycles. The first-order chi connectivity index (χ1) is 10.2. The Balaban J connectivity index is 1.85. The van der Waals surface area contributed by atoms with Crippen molar-refractivity contribution in [3.63, 3.8) is 0 Å². The molecule has 1 saturated heterocycles. The number of likely N-dealkylation sites (tertiary alicyclic amines) is 1. The summed E-state index contributed by atoms with van der Waals surface area (Å²) in [5, 5.41) is 3.01. The maximum absolute atomic E-state index is 12.2. The lowest BCUT2D eigenvalue weighted by atomic mass is 9.83. The summed E-state index contributed by atoms with van der Waals surface area (Å²) in [7, 11) is 0. The van der Waals surface area contributed by atoms with Gasteiger partial charge in [0, 0.05) is 5.69 Å². The Morgan fingerprint density at radius 1 is 1.14 bits per heavy atom. The highest BCUT2D eigenvalue weighted by atomic mass is 16.2. The van der Waals surface area contributed by atoms with Crippen LogP contribution in [0.2, 0.25) is 0 Å². The molecule has 1 aromatic rings. The Bertz CT molecular complexity index is 501. The Morgan fingerprint density at radius 3 is 2.18 bits per heavy atom. The number of nitrogens with zero attached hydrogens (tertiary/aromatic N) is 1. The molecule has 0 atom stereocenters. The van der Waals surface area contributed by atoms with Gasteiger partial charge >= 0.3 is 0 Å². The van der Waals surface area contributed by atoms with Crippen molar-refractivity contribution in [2.75, 3.05) is 25.0 Å². The zero-order valence-electron chi connectivity index (χ0n) is 14.7. The normalized spacial score (nSPS) is 19.0. The first kappa shape index (κ1) is 17.0. The summed E-state index contributed by atoms with van der Waals surface area (Å²) in [5.41, 5.74) is 2.73. The summed E-state index contributed by atoms with van der Waals surface area (Å²) in [4.78, 5) is 14.4. The number of anilines is 1. The molecular formula is C19H30N2O. The fourth-order valence-electron chi connectivity index (χ4n) is 2.77. The summed E-state index contributed by atoms with van der Waals surface area (Å²) in [6, 6.07) is 8.19. The monoisotopic (exact) mass is 302 g/mol. The van der Waals surface area contributed by atoms with Crippen molar-refractivity contribution in [2.24, 2.45) is 5.41 Å². The van der Waals surface area contributed by atoms with Gasteiger partial charge in [-0.1, -0.05) is 46.8 Å². The molecule has 0 aromatic heterocycles. The van der Waals surface area contributed by atoms with Crippen molar-refractivity contribution in [2.45, 2.75) is 52.9 Å². The van der Waals surface area contributed by atoms with Crippen LogP contribution in [0.1, 0.15) is 53.0 Å². The van der Waals surface area contributed by atoms with E-state index in [-0.39, 0.29) is 11.3 Å². The molecule has 0 spiro atoms. The molecule has 22 heavy (non-hydrogen) atoms. The van der Waals surface area contributed by atoms with E-state index in [1.54, 1.807) is 0 Å². The van der Waals surface area contributed by atoms with Crippen LogP contribution in [0, 0.1) is 5.41 Å². The largest absolute Gasteiger partial charge is 0.325 e. The third-order valence-corrected chi connectivity index (χ3v) is 4.61. The zero-order valence-corrected chi connectivity index (χ0v) is 14.7. The van der Waals surface area contributed by atoms with Crippen LogP contribution in [0.25, 0.3) is 0 Å². The van der Waals surface area contributed by atoms with E-state index in [1.165, 1.54) is 18.4 Å². The number of carbonyl (C=O) groups excluding carboxylic acids is 1. The molecule has 1 N–H and O–H groups in total. The predicted octanol–water partition coefficient (Wildman–Crippen LogP) is 4.04. The quantitative estimate of drug-likeness (QED) is 0.913. The standard InChI is InChI=1S/C19H30N2O/c1-18(2,3)15-6-8-16(9-7-15)20-17(22)14-21-12-10-19(4,5)11-13-21/h6-9H,10-14H2,1-5H3,(H,20,22). The molecule has 3 heteroatoms. The van der Waals surface area contributed by atoms with Gasteiger partial charge in [-0.15, -0.1) is 0 Å². The zero-order chi connectivity index (χ0) is 16.4. The minimum atomic E-state index is 0.0863. The summed E-state index contributed by atoms with van der Waals surface area (Å²) in [6.45, 7) is 13.7. The van der Waals surface area contributed by atoms with Crippen LogP contribution in [0.3, 0.4) is 0 Å². The molecule has 1 heterocycles. The molecule has 1 amide bonds. The Hall–Kier alpha value is -1.35. The molecule has 0 bridgehead atoms. The number of hydrogen-bond acceptors (Lipinski definition) is 2. The van der Waals surface area contributed by atoms with Crippen molar-refractivity contribution >= 4 is 11.6 Å². The molecule has 1 aromatic carbocycles. The van der Waals surface area contributed by atoms with Gasteiger partial charge in [-0.2, -0.15) is 0 Å². The second-order valence-electron chi connectivity index (χ2n) is 8.32. The fourth-order valence-corrected chi connectivity index (χ4v) is 2.77. The summed E-state index contributed by atoms with van der Waals surface area (Å²) >= 11 is 0. The highest BCUT2D eigenvalue weighted by Crippen LogP contribution is 2.29. The van der Waals surface area contributed by atoms with Crippen molar-refractivity contribution in [1.82, 2.24) is 4.90 Å². The second-order valence-corrected chi connectivity index (χ2v) is 8.32. The Morgan fingerprint density at radius 2 is 1.68 bits per heavy atom. The van der Waals surface area contributed by atoms with Crippen LogP contribution in [-0.4, -0.2) is 30.4 Å². The molecule has 1 aliphatic rings. The highest BCUT2D eigenvalue weighted by molar-refractivity contribution is 5.92. The molecule has 0 saturated carbocycles. The molecule has 122 valence electrons. The number of hydrogen-bond donors (Lipinski definition) is 1.